The van der Waals surface area contributed by atoms with Gasteiger partial charge in [-0.3, -0.25) is 9.59 Å². The lowest BCUT2D eigenvalue weighted by Gasteiger charge is -2.09. The highest BCUT2D eigenvalue weighted by atomic mass is 32.1. The highest BCUT2D eigenvalue weighted by Gasteiger charge is 2.15. The van der Waals surface area contributed by atoms with Crippen LogP contribution in [0.25, 0.3) is 10.6 Å². The highest BCUT2D eigenvalue weighted by Crippen LogP contribution is 2.24. The van der Waals surface area contributed by atoms with Crippen LogP contribution in [0.15, 0.2) is 52.7 Å². The van der Waals surface area contributed by atoms with Gasteiger partial charge in [0.15, 0.2) is 0 Å². The second-order valence-corrected chi connectivity index (χ2v) is 5.87. The summed E-state index contributed by atoms with van der Waals surface area (Å²) in [7, 11) is 1.58. The Bertz CT molecular complexity index is 856. The molecule has 0 bridgehead atoms. The molecular formula is C17H15N3O3S. The number of carbonyl (C=O) groups is 2. The van der Waals surface area contributed by atoms with Crippen molar-refractivity contribution in [3.8, 4) is 10.6 Å². The normalized spacial score (nSPS) is 10.4. The van der Waals surface area contributed by atoms with Crippen LogP contribution >= 0.6 is 11.3 Å². The van der Waals surface area contributed by atoms with E-state index in [1.165, 1.54) is 11.3 Å². The third-order valence-electron chi connectivity index (χ3n) is 3.40. The van der Waals surface area contributed by atoms with Gasteiger partial charge in [0.05, 0.1) is 12.7 Å². The Morgan fingerprint density at radius 3 is 2.83 bits per heavy atom. The maximum atomic E-state index is 12.4. The van der Waals surface area contributed by atoms with E-state index in [0.29, 0.717) is 16.4 Å². The molecule has 0 fully saturated rings. The van der Waals surface area contributed by atoms with Gasteiger partial charge in [-0.25, -0.2) is 4.98 Å². The van der Waals surface area contributed by atoms with E-state index in [9.17, 15) is 9.59 Å². The van der Waals surface area contributed by atoms with Crippen molar-refractivity contribution in [2.45, 2.75) is 6.42 Å². The first kappa shape index (κ1) is 15.9. The monoisotopic (exact) mass is 341 g/mol. The SMILES string of the molecule is CNC(=O)Cc1ccccc1NC(=O)c1csc(-c2ccoc2)n1. The number of likely N-dealkylation sites (N-methyl/N-ethyl adjacent to an activating group) is 1. The molecule has 0 aliphatic carbocycles. The number of benzene rings is 1. The van der Waals surface area contributed by atoms with Crippen molar-refractivity contribution >= 4 is 28.8 Å². The number of nitrogens with one attached hydrogen (secondary N) is 2. The fourth-order valence-electron chi connectivity index (χ4n) is 2.14. The minimum absolute atomic E-state index is 0.118. The van der Waals surface area contributed by atoms with E-state index in [2.05, 4.69) is 15.6 Å². The van der Waals surface area contributed by atoms with Gasteiger partial charge in [0.1, 0.15) is 17.0 Å². The van der Waals surface area contributed by atoms with Gasteiger partial charge >= 0.3 is 0 Å². The molecule has 2 aromatic heterocycles. The summed E-state index contributed by atoms with van der Waals surface area (Å²) >= 11 is 1.37. The zero-order chi connectivity index (χ0) is 16.9. The largest absolute Gasteiger partial charge is 0.472 e. The molecule has 7 heteroatoms. The predicted octanol–water partition coefficient (Wildman–Crippen LogP) is 2.94. The number of hydrogen-bond donors (Lipinski definition) is 2. The molecule has 3 rings (SSSR count). The Labute approximate surface area is 142 Å². The average Bonchev–Trinajstić information content (AvgIpc) is 3.27. The number of para-hydroxylation sites is 1. The number of nitrogens with zero attached hydrogens (tertiary/aromatic N) is 1. The zero-order valence-electron chi connectivity index (χ0n) is 12.9. The molecule has 0 aliphatic rings. The summed E-state index contributed by atoms with van der Waals surface area (Å²) in [5, 5.41) is 7.80. The Morgan fingerprint density at radius 1 is 1.25 bits per heavy atom. The van der Waals surface area contributed by atoms with Crippen LogP contribution in [-0.2, 0) is 11.2 Å². The smallest absolute Gasteiger partial charge is 0.275 e. The molecule has 3 aromatic rings. The molecule has 0 atom stereocenters. The molecule has 0 radical (unpaired) electrons. The van der Waals surface area contributed by atoms with E-state index in [1.807, 2.05) is 12.1 Å². The van der Waals surface area contributed by atoms with E-state index in [-0.39, 0.29) is 18.2 Å². The first-order valence-corrected chi connectivity index (χ1v) is 8.13. The van der Waals surface area contributed by atoms with Gasteiger partial charge in [-0.2, -0.15) is 0 Å². The summed E-state index contributed by atoms with van der Waals surface area (Å²) in [6.45, 7) is 0. The number of carbonyl (C=O) groups excluding carboxylic acids is 2. The molecule has 0 saturated carbocycles. The lowest BCUT2D eigenvalue weighted by molar-refractivity contribution is -0.119. The van der Waals surface area contributed by atoms with Crippen molar-refractivity contribution < 1.29 is 14.0 Å². The number of aromatic nitrogens is 1. The molecule has 2 N–H and O–H groups in total. The van der Waals surface area contributed by atoms with Crippen molar-refractivity contribution in [2.24, 2.45) is 0 Å². The van der Waals surface area contributed by atoms with Crippen LogP contribution in [0.4, 0.5) is 5.69 Å². The summed E-state index contributed by atoms with van der Waals surface area (Å²) in [6, 6.07) is 9.00. The number of amides is 2. The van der Waals surface area contributed by atoms with E-state index >= 15 is 0 Å². The lowest BCUT2D eigenvalue weighted by Crippen LogP contribution is -2.21. The van der Waals surface area contributed by atoms with E-state index in [0.717, 1.165) is 11.1 Å². The van der Waals surface area contributed by atoms with Gasteiger partial charge in [-0.15, -0.1) is 11.3 Å². The van der Waals surface area contributed by atoms with Crippen molar-refractivity contribution in [1.29, 1.82) is 0 Å². The van der Waals surface area contributed by atoms with Crippen molar-refractivity contribution in [3.05, 3.63) is 59.5 Å². The van der Waals surface area contributed by atoms with Crippen molar-refractivity contribution in [3.63, 3.8) is 0 Å². The van der Waals surface area contributed by atoms with Crippen molar-refractivity contribution in [1.82, 2.24) is 10.3 Å². The molecule has 2 amide bonds. The number of thiazole rings is 1. The van der Waals surface area contributed by atoms with Crippen LogP contribution in [0.1, 0.15) is 16.1 Å². The Hall–Kier alpha value is -2.93. The number of furan rings is 1. The maximum Gasteiger partial charge on any atom is 0.275 e. The van der Waals surface area contributed by atoms with E-state index < -0.39 is 0 Å². The van der Waals surface area contributed by atoms with Crippen LogP contribution in [-0.4, -0.2) is 23.8 Å². The first-order valence-electron chi connectivity index (χ1n) is 7.25. The third-order valence-corrected chi connectivity index (χ3v) is 4.29. The molecule has 0 unspecified atom stereocenters. The topological polar surface area (TPSA) is 84.2 Å². The molecular weight excluding hydrogens is 326 g/mol. The Morgan fingerprint density at radius 2 is 2.08 bits per heavy atom. The van der Waals surface area contributed by atoms with Gasteiger partial charge in [0.2, 0.25) is 5.91 Å². The predicted molar refractivity (Wildman–Crippen MR) is 92.0 cm³/mol. The second kappa shape index (κ2) is 7.10. The third kappa shape index (κ3) is 3.52. The number of rotatable bonds is 5. The van der Waals surface area contributed by atoms with Gasteiger partial charge in [0.25, 0.3) is 5.91 Å². The van der Waals surface area contributed by atoms with Crippen molar-refractivity contribution in [2.75, 3.05) is 12.4 Å². The summed E-state index contributed by atoms with van der Waals surface area (Å²) < 4.78 is 5.03. The minimum Gasteiger partial charge on any atom is -0.472 e. The maximum absolute atomic E-state index is 12.4. The fourth-order valence-corrected chi connectivity index (χ4v) is 2.93. The average molecular weight is 341 g/mol. The van der Waals surface area contributed by atoms with E-state index in [1.54, 1.807) is 43.2 Å². The molecule has 6 nitrogen and oxygen atoms in total. The first-order chi connectivity index (χ1) is 11.7. The molecule has 0 spiro atoms. The molecule has 122 valence electrons. The fraction of sp³-hybridized carbons (Fsp3) is 0.118. The number of anilines is 1. The minimum atomic E-state index is -0.314. The quantitative estimate of drug-likeness (QED) is 0.747. The Balaban J connectivity index is 1.77. The van der Waals surface area contributed by atoms with Gasteiger partial charge in [0, 0.05) is 23.7 Å². The molecule has 24 heavy (non-hydrogen) atoms. The molecule has 2 heterocycles. The molecule has 0 saturated heterocycles. The standard InChI is InChI=1S/C17H15N3O3S/c1-18-15(21)8-11-4-2-3-5-13(11)19-16(22)14-10-24-17(20-14)12-6-7-23-9-12/h2-7,9-10H,8H2,1H3,(H,18,21)(H,19,22). The number of hydrogen-bond acceptors (Lipinski definition) is 5. The second-order valence-electron chi connectivity index (χ2n) is 5.01. The summed E-state index contributed by atoms with van der Waals surface area (Å²) in [5.74, 6) is -0.432. The summed E-state index contributed by atoms with van der Waals surface area (Å²) in [6.07, 6.45) is 3.34. The molecule has 0 aliphatic heterocycles. The van der Waals surface area contributed by atoms with Crippen LogP contribution in [0.2, 0.25) is 0 Å². The highest BCUT2D eigenvalue weighted by molar-refractivity contribution is 7.13. The van der Waals surface area contributed by atoms with E-state index in [4.69, 9.17) is 4.42 Å². The molecule has 1 aromatic carbocycles. The summed E-state index contributed by atoms with van der Waals surface area (Å²) in [4.78, 5) is 28.3. The van der Waals surface area contributed by atoms with Gasteiger partial charge < -0.3 is 15.1 Å². The van der Waals surface area contributed by atoms with Crippen LogP contribution in [0.3, 0.4) is 0 Å². The van der Waals surface area contributed by atoms with Crippen LogP contribution in [0.5, 0.6) is 0 Å². The zero-order valence-corrected chi connectivity index (χ0v) is 13.7. The lowest BCUT2D eigenvalue weighted by atomic mass is 10.1. The van der Waals surface area contributed by atoms with Gasteiger partial charge in [-0.1, -0.05) is 18.2 Å². The van der Waals surface area contributed by atoms with Crippen LogP contribution in [0, 0.1) is 0 Å². The van der Waals surface area contributed by atoms with Crippen LogP contribution < -0.4 is 10.6 Å². The van der Waals surface area contributed by atoms with Gasteiger partial charge in [-0.05, 0) is 17.7 Å². The summed E-state index contributed by atoms with van der Waals surface area (Å²) in [5.41, 5.74) is 2.50. The Kier molecular flexibility index (Phi) is 4.72.